The molecule has 8 heteroatoms. The number of carbonyl (C=O) groups excluding carboxylic acids is 2. The van der Waals surface area contributed by atoms with E-state index in [1.165, 1.54) is 11.3 Å². The summed E-state index contributed by atoms with van der Waals surface area (Å²) >= 11 is 4.82. The Kier molecular flexibility index (Phi) is 4.86. The molecule has 2 aliphatic rings. The number of nitrogens with one attached hydrogen (secondary N) is 2. The monoisotopic (exact) mass is 436 g/mol. The van der Waals surface area contributed by atoms with E-state index in [9.17, 15) is 9.59 Å². The minimum atomic E-state index is -0.190. The summed E-state index contributed by atoms with van der Waals surface area (Å²) in [6.45, 7) is 1.01. The highest BCUT2D eigenvalue weighted by atomic mass is 79.9. The van der Waals surface area contributed by atoms with Gasteiger partial charge < -0.3 is 20.1 Å². The molecule has 0 atom stereocenters. The normalized spacial score (nSPS) is 15.4. The van der Waals surface area contributed by atoms with Gasteiger partial charge in [-0.2, -0.15) is 0 Å². The molecule has 2 heterocycles. The van der Waals surface area contributed by atoms with E-state index in [0.717, 1.165) is 22.9 Å². The molecule has 1 aromatic carbocycles. The van der Waals surface area contributed by atoms with Crippen molar-refractivity contribution in [3.63, 3.8) is 0 Å². The van der Waals surface area contributed by atoms with E-state index >= 15 is 0 Å². The molecule has 6 nitrogen and oxygen atoms in total. The molecule has 0 radical (unpaired) electrons. The van der Waals surface area contributed by atoms with E-state index in [2.05, 4.69) is 26.6 Å². The first-order valence-electron chi connectivity index (χ1n) is 8.36. The van der Waals surface area contributed by atoms with Gasteiger partial charge in [-0.25, -0.2) is 0 Å². The number of hydrogen-bond acceptors (Lipinski definition) is 5. The van der Waals surface area contributed by atoms with Crippen molar-refractivity contribution in [3.8, 4) is 11.5 Å². The third-order valence-electron chi connectivity index (χ3n) is 4.14. The Morgan fingerprint density at radius 3 is 2.65 bits per heavy atom. The molecule has 0 saturated heterocycles. The minimum Gasteiger partial charge on any atom is -0.486 e. The van der Waals surface area contributed by atoms with Crippen LogP contribution >= 0.6 is 27.3 Å². The van der Waals surface area contributed by atoms with Crippen LogP contribution in [-0.2, 0) is 11.2 Å². The maximum Gasteiger partial charge on any atom is 0.254 e. The van der Waals surface area contributed by atoms with Gasteiger partial charge in [0.15, 0.2) is 11.5 Å². The lowest BCUT2D eigenvalue weighted by Crippen LogP contribution is -2.26. The molecule has 2 amide bonds. The Balaban J connectivity index is 1.45. The first-order chi connectivity index (χ1) is 12.6. The number of fused-ring (bicyclic) bond motifs is 1. The largest absolute Gasteiger partial charge is 0.486 e. The van der Waals surface area contributed by atoms with Gasteiger partial charge in [0.2, 0.25) is 5.91 Å². The van der Waals surface area contributed by atoms with Gasteiger partial charge in [0.25, 0.3) is 5.91 Å². The summed E-state index contributed by atoms with van der Waals surface area (Å²) in [7, 11) is 0. The fraction of sp³-hybridized carbons (Fsp3) is 0.333. The number of benzene rings is 1. The van der Waals surface area contributed by atoms with Gasteiger partial charge in [0.05, 0.1) is 12.0 Å². The molecule has 0 bridgehead atoms. The van der Waals surface area contributed by atoms with Gasteiger partial charge in [-0.05, 0) is 42.0 Å². The zero-order valence-corrected chi connectivity index (χ0v) is 16.2. The summed E-state index contributed by atoms with van der Waals surface area (Å²) in [5, 5.41) is 8.16. The first kappa shape index (κ1) is 17.4. The van der Waals surface area contributed by atoms with Gasteiger partial charge >= 0.3 is 0 Å². The standard InChI is InChI=1S/C18H17BrN2O4S/c19-13-9-15-14(24-4-5-25-15)7-10(13)8-16(22)21-18-12(3-6-26-18)17(23)20-11-1-2-11/h3,6-7,9,11H,1-2,4-5,8H2,(H,20,23)(H,21,22). The van der Waals surface area contributed by atoms with Gasteiger partial charge in [0, 0.05) is 10.5 Å². The highest BCUT2D eigenvalue weighted by molar-refractivity contribution is 9.10. The zero-order valence-electron chi connectivity index (χ0n) is 13.8. The second-order valence-corrected chi connectivity index (χ2v) is 7.99. The number of thiophene rings is 1. The molecule has 0 unspecified atom stereocenters. The topological polar surface area (TPSA) is 76.7 Å². The highest BCUT2D eigenvalue weighted by Gasteiger charge is 2.25. The van der Waals surface area contributed by atoms with Crippen molar-refractivity contribution in [2.24, 2.45) is 0 Å². The Hall–Kier alpha value is -2.06. The van der Waals surface area contributed by atoms with E-state index < -0.39 is 0 Å². The van der Waals surface area contributed by atoms with Gasteiger partial charge in [0.1, 0.15) is 18.2 Å². The fourth-order valence-electron chi connectivity index (χ4n) is 2.66. The second-order valence-electron chi connectivity index (χ2n) is 6.22. The van der Waals surface area contributed by atoms with Crippen molar-refractivity contribution in [2.45, 2.75) is 25.3 Å². The van der Waals surface area contributed by atoms with Crippen molar-refractivity contribution >= 4 is 44.1 Å². The predicted molar refractivity (Wildman–Crippen MR) is 102 cm³/mol. The average Bonchev–Trinajstić information content (AvgIpc) is 3.31. The van der Waals surface area contributed by atoms with E-state index in [4.69, 9.17) is 9.47 Å². The van der Waals surface area contributed by atoms with E-state index in [1.807, 2.05) is 12.1 Å². The Morgan fingerprint density at radius 1 is 1.19 bits per heavy atom. The smallest absolute Gasteiger partial charge is 0.254 e. The van der Waals surface area contributed by atoms with E-state index in [1.54, 1.807) is 11.4 Å². The number of halogens is 1. The molecule has 2 N–H and O–H groups in total. The maximum atomic E-state index is 12.5. The second kappa shape index (κ2) is 7.28. The van der Waals surface area contributed by atoms with Crippen LogP contribution in [0.3, 0.4) is 0 Å². The van der Waals surface area contributed by atoms with Crippen LogP contribution in [0.5, 0.6) is 11.5 Å². The van der Waals surface area contributed by atoms with Crippen LogP contribution in [0.2, 0.25) is 0 Å². The maximum absolute atomic E-state index is 12.5. The molecular weight excluding hydrogens is 420 g/mol. The summed E-state index contributed by atoms with van der Waals surface area (Å²) in [5.41, 5.74) is 1.31. The lowest BCUT2D eigenvalue weighted by Gasteiger charge is -2.19. The molecule has 1 aromatic heterocycles. The molecule has 2 aromatic rings. The summed E-state index contributed by atoms with van der Waals surface area (Å²) < 4.78 is 11.9. The Bertz CT molecular complexity index is 863. The van der Waals surface area contributed by atoms with Crippen molar-refractivity contribution in [1.29, 1.82) is 0 Å². The highest BCUT2D eigenvalue weighted by Crippen LogP contribution is 2.36. The number of rotatable bonds is 5. The van der Waals surface area contributed by atoms with Crippen LogP contribution in [0.1, 0.15) is 28.8 Å². The SMILES string of the molecule is O=C(Cc1cc2c(cc1Br)OCCO2)Nc1sccc1C(=O)NC1CC1. The van der Waals surface area contributed by atoms with Crippen LogP contribution in [-0.4, -0.2) is 31.1 Å². The van der Waals surface area contributed by atoms with Gasteiger partial charge in [-0.1, -0.05) is 15.9 Å². The lowest BCUT2D eigenvalue weighted by molar-refractivity contribution is -0.115. The molecule has 1 fully saturated rings. The summed E-state index contributed by atoms with van der Waals surface area (Å²) in [4.78, 5) is 24.7. The number of hydrogen-bond donors (Lipinski definition) is 2. The molecule has 136 valence electrons. The molecular formula is C18H17BrN2O4S. The lowest BCUT2D eigenvalue weighted by atomic mass is 10.1. The zero-order chi connectivity index (χ0) is 18.1. The molecule has 0 spiro atoms. The summed E-state index contributed by atoms with van der Waals surface area (Å²) in [6, 6.07) is 5.64. The molecule has 1 aliphatic carbocycles. The molecule has 26 heavy (non-hydrogen) atoms. The van der Waals surface area contributed by atoms with Crippen molar-refractivity contribution in [3.05, 3.63) is 39.2 Å². The number of amides is 2. The molecule has 1 saturated carbocycles. The van der Waals surface area contributed by atoms with Crippen LogP contribution in [0.15, 0.2) is 28.1 Å². The number of carbonyl (C=O) groups is 2. The molecule has 1 aliphatic heterocycles. The van der Waals surface area contributed by atoms with Gasteiger partial charge in [-0.15, -0.1) is 11.3 Å². The van der Waals surface area contributed by atoms with Gasteiger partial charge in [-0.3, -0.25) is 9.59 Å². The van der Waals surface area contributed by atoms with Crippen molar-refractivity contribution < 1.29 is 19.1 Å². The minimum absolute atomic E-state index is 0.135. The number of ether oxygens (including phenoxy) is 2. The Labute approximate surface area is 163 Å². The van der Waals surface area contributed by atoms with Crippen LogP contribution in [0.25, 0.3) is 0 Å². The third-order valence-corrected chi connectivity index (χ3v) is 5.71. The third kappa shape index (κ3) is 3.86. The summed E-state index contributed by atoms with van der Waals surface area (Å²) in [6.07, 6.45) is 2.21. The van der Waals surface area contributed by atoms with Crippen LogP contribution in [0.4, 0.5) is 5.00 Å². The van der Waals surface area contributed by atoms with Crippen molar-refractivity contribution in [1.82, 2.24) is 5.32 Å². The quantitative estimate of drug-likeness (QED) is 0.753. The number of anilines is 1. The van der Waals surface area contributed by atoms with E-state index in [-0.39, 0.29) is 24.3 Å². The average molecular weight is 437 g/mol. The van der Waals surface area contributed by atoms with E-state index in [0.29, 0.717) is 35.3 Å². The predicted octanol–water partition coefficient (Wildman–Crippen LogP) is 3.36. The first-order valence-corrected chi connectivity index (χ1v) is 10.0. The summed E-state index contributed by atoms with van der Waals surface area (Å²) in [5.74, 6) is 0.988. The van der Waals surface area contributed by atoms with Crippen molar-refractivity contribution in [2.75, 3.05) is 18.5 Å². The Morgan fingerprint density at radius 2 is 1.92 bits per heavy atom. The van der Waals surface area contributed by atoms with Crippen LogP contribution < -0.4 is 20.1 Å². The molecule has 4 rings (SSSR count). The van der Waals surface area contributed by atoms with Crippen LogP contribution in [0, 0.1) is 0 Å². The fourth-order valence-corrected chi connectivity index (χ4v) is 3.92.